The van der Waals surface area contributed by atoms with Crippen molar-refractivity contribution in [1.29, 1.82) is 0 Å². The molecule has 0 bridgehead atoms. The topological polar surface area (TPSA) is 142 Å². The first-order chi connectivity index (χ1) is 19.8. The lowest BCUT2D eigenvalue weighted by atomic mass is 9.86. The van der Waals surface area contributed by atoms with Gasteiger partial charge in [0.25, 0.3) is 0 Å². The number of thiazole rings is 1. The SMILES string of the molecule is COc1cc(-c2ccc(-c3cnc(C4CCC(NC(=O)OC(C)C)CC4)s3)c(S(=O)(=O)NC(C)(C)C)c2)c(OC)nn1. The lowest BCUT2D eigenvalue weighted by molar-refractivity contribution is 0.109. The average molecular weight is 618 g/mol. The zero-order chi connectivity index (χ0) is 30.7. The molecule has 1 aromatic carbocycles. The molecular formula is C29H39N5O6S2. The van der Waals surface area contributed by atoms with Gasteiger partial charge < -0.3 is 19.5 Å². The van der Waals surface area contributed by atoms with Crippen LogP contribution in [0.4, 0.5) is 4.79 Å². The number of carbonyl (C=O) groups is 1. The number of benzene rings is 1. The second kappa shape index (κ2) is 12.9. The van der Waals surface area contributed by atoms with E-state index >= 15 is 0 Å². The first-order valence-corrected chi connectivity index (χ1v) is 16.2. The van der Waals surface area contributed by atoms with Gasteiger partial charge in [-0.3, -0.25) is 0 Å². The molecule has 2 heterocycles. The molecule has 1 aliphatic rings. The van der Waals surface area contributed by atoms with Crippen molar-refractivity contribution in [1.82, 2.24) is 25.2 Å². The minimum absolute atomic E-state index is 0.0676. The number of methoxy groups -OCH3 is 2. The van der Waals surface area contributed by atoms with Gasteiger partial charge in [0, 0.05) is 35.3 Å². The zero-order valence-corrected chi connectivity index (χ0v) is 26.7. The normalized spacial score (nSPS) is 17.6. The fraction of sp³-hybridized carbons (Fsp3) is 0.517. The van der Waals surface area contributed by atoms with Crippen LogP contribution < -0.4 is 19.5 Å². The Hall–Kier alpha value is -3.29. The van der Waals surface area contributed by atoms with Gasteiger partial charge in [0.15, 0.2) is 0 Å². The van der Waals surface area contributed by atoms with Crippen molar-refractivity contribution in [3.05, 3.63) is 35.5 Å². The molecule has 0 radical (unpaired) electrons. The second-order valence-corrected chi connectivity index (χ2v) is 14.3. The van der Waals surface area contributed by atoms with Crippen LogP contribution in [0, 0.1) is 0 Å². The van der Waals surface area contributed by atoms with E-state index < -0.39 is 15.6 Å². The van der Waals surface area contributed by atoms with Crippen molar-refractivity contribution in [2.75, 3.05) is 14.2 Å². The van der Waals surface area contributed by atoms with Crippen LogP contribution in [-0.2, 0) is 14.8 Å². The van der Waals surface area contributed by atoms with E-state index in [0.29, 0.717) is 16.7 Å². The number of hydrogen-bond donors (Lipinski definition) is 2. The van der Waals surface area contributed by atoms with Crippen LogP contribution in [0.25, 0.3) is 21.6 Å². The van der Waals surface area contributed by atoms with Crippen LogP contribution in [0.1, 0.15) is 71.2 Å². The summed E-state index contributed by atoms with van der Waals surface area (Å²) in [5.74, 6) is 0.758. The molecule has 1 aliphatic carbocycles. The standard InChI is InChI=1S/C29H39N5O6S2/c1-17(2)40-28(35)31-20-11-8-18(9-12-20)27-30-16-23(41-27)21-13-10-19(14-24(21)42(36,37)34-29(3,4)5)22-15-25(38-6)32-33-26(22)39-7/h10,13-18,20,34H,8-9,11-12H2,1-7H3,(H,31,35). The van der Waals surface area contributed by atoms with Gasteiger partial charge in [0.05, 0.1) is 40.7 Å². The minimum Gasteiger partial charge on any atom is -0.480 e. The smallest absolute Gasteiger partial charge is 0.407 e. The van der Waals surface area contributed by atoms with Crippen molar-refractivity contribution >= 4 is 27.5 Å². The summed E-state index contributed by atoms with van der Waals surface area (Å²) in [7, 11) is -0.974. The molecule has 42 heavy (non-hydrogen) atoms. The van der Waals surface area contributed by atoms with Gasteiger partial charge in [0.1, 0.15) is 0 Å². The number of nitrogens with one attached hydrogen (secondary N) is 2. The summed E-state index contributed by atoms with van der Waals surface area (Å²) < 4.78 is 46.1. The maximum absolute atomic E-state index is 13.7. The Morgan fingerprint density at radius 3 is 2.36 bits per heavy atom. The monoisotopic (exact) mass is 617 g/mol. The van der Waals surface area contributed by atoms with Crippen molar-refractivity contribution in [2.45, 2.75) is 88.8 Å². The van der Waals surface area contributed by atoms with Crippen LogP contribution in [0.2, 0.25) is 0 Å². The van der Waals surface area contributed by atoms with Crippen molar-refractivity contribution in [3.63, 3.8) is 0 Å². The van der Waals surface area contributed by atoms with Crippen molar-refractivity contribution in [2.24, 2.45) is 0 Å². The Kier molecular flexibility index (Phi) is 9.74. The number of hydrogen-bond acceptors (Lipinski definition) is 10. The van der Waals surface area contributed by atoms with E-state index in [1.54, 1.807) is 45.2 Å². The van der Waals surface area contributed by atoms with Gasteiger partial charge in [-0.15, -0.1) is 21.5 Å². The molecule has 0 saturated heterocycles. The maximum atomic E-state index is 13.7. The van der Waals surface area contributed by atoms with Crippen LogP contribution >= 0.6 is 11.3 Å². The van der Waals surface area contributed by atoms with Gasteiger partial charge in [-0.2, -0.15) is 0 Å². The van der Waals surface area contributed by atoms with Gasteiger partial charge >= 0.3 is 6.09 Å². The molecular weight excluding hydrogens is 578 g/mol. The third-order valence-electron chi connectivity index (χ3n) is 6.69. The molecule has 1 saturated carbocycles. The van der Waals surface area contributed by atoms with E-state index in [1.807, 2.05) is 19.9 Å². The summed E-state index contributed by atoms with van der Waals surface area (Å²) in [5.41, 5.74) is 0.998. The summed E-state index contributed by atoms with van der Waals surface area (Å²) in [6.07, 6.45) is 4.57. The van der Waals surface area contributed by atoms with E-state index in [0.717, 1.165) is 35.6 Å². The summed E-state index contributed by atoms with van der Waals surface area (Å²) in [5, 5.41) is 11.9. The van der Waals surface area contributed by atoms with E-state index in [-0.39, 0.29) is 40.8 Å². The second-order valence-electron chi connectivity index (χ2n) is 11.6. The largest absolute Gasteiger partial charge is 0.480 e. The highest BCUT2D eigenvalue weighted by molar-refractivity contribution is 7.89. The van der Waals surface area contributed by atoms with Crippen LogP contribution in [-0.4, -0.2) is 61.6 Å². The van der Waals surface area contributed by atoms with Crippen molar-refractivity contribution in [3.8, 4) is 33.3 Å². The molecule has 0 aliphatic heterocycles. The molecule has 228 valence electrons. The van der Waals surface area contributed by atoms with Gasteiger partial charge in [-0.25, -0.2) is 22.9 Å². The highest BCUT2D eigenvalue weighted by Crippen LogP contribution is 2.41. The van der Waals surface area contributed by atoms with Crippen LogP contribution in [0.3, 0.4) is 0 Å². The number of amides is 1. The number of rotatable bonds is 9. The third kappa shape index (κ3) is 7.75. The summed E-state index contributed by atoms with van der Waals surface area (Å²) in [4.78, 5) is 17.6. The zero-order valence-electron chi connectivity index (χ0n) is 25.1. The molecule has 3 aromatic rings. The predicted octanol–water partition coefficient (Wildman–Crippen LogP) is 5.52. The van der Waals surface area contributed by atoms with Gasteiger partial charge in [-0.05, 0) is 71.9 Å². The molecule has 0 atom stereocenters. The Bertz CT molecular complexity index is 1510. The molecule has 13 heteroatoms. The minimum atomic E-state index is -3.94. The van der Waals surface area contributed by atoms with E-state index in [2.05, 4.69) is 20.2 Å². The van der Waals surface area contributed by atoms with E-state index in [1.165, 1.54) is 25.6 Å². The molecule has 0 unspecified atom stereocenters. The Morgan fingerprint density at radius 1 is 1.02 bits per heavy atom. The Labute approximate surface area is 251 Å². The quantitative estimate of drug-likeness (QED) is 0.317. The number of ether oxygens (including phenoxy) is 3. The number of carbonyl (C=O) groups excluding carboxylic acids is 1. The lowest BCUT2D eigenvalue weighted by Crippen LogP contribution is -2.40. The molecule has 1 amide bonds. The molecule has 2 aromatic heterocycles. The molecule has 4 rings (SSSR count). The molecule has 2 N–H and O–H groups in total. The number of sulfonamides is 1. The van der Waals surface area contributed by atoms with E-state index in [4.69, 9.17) is 19.2 Å². The van der Waals surface area contributed by atoms with Gasteiger partial charge in [0.2, 0.25) is 21.8 Å². The molecule has 0 spiro atoms. The third-order valence-corrected chi connectivity index (χ3v) is 9.68. The summed E-state index contributed by atoms with van der Waals surface area (Å²) in [6.45, 7) is 9.04. The highest BCUT2D eigenvalue weighted by Gasteiger charge is 2.29. The first kappa shape index (κ1) is 31.6. The molecule has 1 fully saturated rings. The predicted molar refractivity (Wildman–Crippen MR) is 162 cm³/mol. The maximum Gasteiger partial charge on any atom is 0.407 e. The fourth-order valence-electron chi connectivity index (χ4n) is 4.89. The fourth-order valence-corrected chi connectivity index (χ4v) is 7.75. The Balaban J connectivity index is 1.65. The molecule has 11 nitrogen and oxygen atoms in total. The van der Waals surface area contributed by atoms with Crippen molar-refractivity contribution < 1.29 is 27.4 Å². The van der Waals surface area contributed by atoms with Crippen LogP contribution in [0.5, 0.6) is 11.8 Å². The lowest BCUT2D eigenvalue weighted by Gasteiger charge is -2.28. The average Bonchev–Trinajstić information content (AvgIpc) is 3.41. The first-order valence-electron chi connectivity index (χ1n) is 13.9. The number of nitrogens with zero attached hydrogens (tertiary/aromatic N) is 3. The van der Waals surface area contributed by atoms with E-state index in [9.17, 15) is 13.2 Å². The highest BCUT2D eigenvalue weighted by atomic mass is 32.2. The summed E-state index contributed by atoms with van der Waals surface area (Å²) in [6, 6.07) is 6.97. The van der Waals surface area contributed by atoms with Crippen LogP contribution in [0.15, 0.2) is 35.4 Å². The summed E-state index contributed by atoms with van der Waals surface area (Å²) >= 11 is 1.50. The number of aromatic nitrogens is 3. The number of alkyl carbamates (subject to hydrolysis) is 1. The van der Waals surface area contributed by atoms with Gasteiger partial charge in [-0.1, -0.05) is 12.1 Å². The Morgan fingerprint density at radius 2 is 1.74 bits per heavy atom.